The van der Waals surface area contributed by atoms with Gasteiger partial charge in [-0.2, -0.15) is 0 Å². The van der Waals surface area contributed by atoms with Gasteiger partial charge in [0, 0.05) is 12.1 Å². The number of ether oxygens (including phenoxy) is 1. The van der Waals surface area contributed by atoms with Crippen LogP contribution in [0.4, 0.5) is 0 Å². The van der Waals surface area contributed by atoms with Crippen molar-refractivity contribution in [2.24, 2.45) is 5.92 Å². The lowest BCUT2D eigenvalue weighted by atomic mass is 9.94. The quantitative estimate of drug-likeness (QED) is 0.611. The standard InChI is InChI=1S/C16H19NO4/c1-10-4-5-12(11(2)8-10)15(19)17-7-6-13(14(18)9-17)16(20)21-3/h4-5,8,13H,6-7,9H2,1-3H3. The van der Waals surface area contributed by atoms with E-state index in [1.54, 1.807) is 6.07 Å². The number of methoxy groups -OCH3 is 1. The molecule has 0 radical (unpaired) electrons. The highest BCUT2D eigenvalue weighted by Gasteiger charge is 2.35. The molecule has 2 rings (SSSR count). The summed E-state index contributed by atoms with van der Waals surface area (Å²) >= 11 is 0. The highest BCUT2D eigenvalue weighted by Crippen LogP contribution is 2.19. The number of piperidine rings is 1. The number of carbonyl (C=O) groups excluding carboxylic acids is 3. The molecule has 0 aliphatic carbocycles. The van der Waals surface area contributed by atoms with E-state index in [-0.39, 0.29) is 18.2 Å². The van der Waals surface area contributed by atoms with Gasteiger partial charge < -0.3 is 9.64 Å². The van der Waals surface area contributed by atoms with E-state index in [9.17, 15) is 14.4 Å². The lowest BCUT2D eigenvalue weighted by molar-refractivity contribution is -0.151. The van der Waals surface area contributed by atoms with Gasteiger partial charge in [0.05, 0.1) is 13.7 Å². The predicted octanol–water partition coefficient (Wildman–Crippen LogP) is 1.51. The lowest BCUT2D eigenvalue weighted by Gasteiger charge is -2.30. The molecule has 1 saturated heterocycles. The average Bonchev–Trinajstić information content (AvgIpc) is 2.45. The molecular formula is C16H19NO4. The van der Waals surface area contributed by atoms with Crippen molar-refractivity contribution in [1.82, 2.24) is 4.90 Å². The minimum Gasteiger partial charge on any atom is -0.468 e. The van der Waals surface area contributed by atoms with Crippen LogP contribution in [0.1, 0.15) is 27.9 Å². The number of Topliss-reactive ketones (excluding diaryl/α,β-unsaturated/α-hetero) is 1. The molecule has 1 aromatic rings. The molecule has 1 aliphatic rings. The fraction of sp³-hybridized carbons (Fsp3) is 0.438. The van der Waals surface area contributed by atoms with E-state index in [4.69, 9.17) is 0 Å². The molecule has 0 spiro atoms. The maximum atomic E-state index is 12.5. The minimum atomic E-state index is -0.738. The van der Waals surface area contributed by atoms with Crippen LogP contribution in [0.5, 0.6) is 0 Å². The molecule has 1 amide bonds. The number of amides is 1. The number of aryl methyl sites for hydroxylation is 2. The smallest absolute Gasteiger partial charge is 0.316 e. The molecule has 0 N–H and O–H groups in total. The van der Waals surface area contributed by atoms with Crippen molar-refractivity contribution in [3.8, 4) is 0 Å². The Bertz CT molecular complexity index is 594. The van der Waals surface area contributed by atoms with Gasteiger partial charge in [-0.15, -0.1) is 0 Å². The van der Waals surface area contributed by atoms with Crippen LogP contribution < -0.4 is 0 Å². The third-order valence-corrected chi connectivity index (χ3v) is 3.81. The number of ketones is 1. The van der Waals surface area contributed by atoms with Crippen molar-refractivity contribution in [1.29, 1.82) is 0 Å². The number of esters is 1. The van der Waals surface area contributed by atoms with Crippen LogP contribution in [-0.2, 0) is 14.3 Å². The molecule has 21 heavy (non-hydrogen) atoms. The number of hydrogen-bond acceptors (Lipinski definition) is 4. The van der Waals surface area contributed by atoms with E-state index in [2.05, 4.69) is 4.74 Å². The van der Waals surface area contributed by atoms with E-state index in [1.807, 2.05) is 26.0 Å². The van der Waals surface area contributed by atoms with E-state index in [0.29, 0.717) is 18.5 Å². The molecule has 1 aliphatic heterocycles. The summed E-state index contributed by atoms with van der Waals surface area (Å²) in [7, 11) is 1.27. The Morgan fingerprint density at radius 2 is 2.00 bits per heavy atom. The highest BCUT2D eigenvalue weighted by molar-refractivity contribution is 6.04. The first kappa shape index (κ1) is 15.2. The lowest BCUT2D eigenvalue weighted by Crippen LogP contribution is -2.46. The van der Waals surface area contributed by atoms with Crippen molar-refractivity contribution in [3.05, 3.63) is 34.9 Å². The summed E-state index contributed by atoms with van der Waals surface area (Å²) in [4.78, 5) is 37.4. The van der Waals surface area contributed by atoms with Crippen molar-refractivity contribution >= 4 is 17.7 Å². The second-order valence-corrected chi connectivity index (χ2v) is 5.38. The zero-order valence-electron chi connectivity index (χ0n) is 12.5. The Morgan fingerprint density at radius 3 is 2.57 bits per heavy atom. The molecule has 112 valence electrons. The molecule has 5 nitrogen and oxygen atoms in total. The Hall–Kier alpha value is -2.17. The maximum Gasteiger partial charge on any atom is 0.316 e. The highest BCUT2D eigenvalue weighted by atomic mass is 16.5. The molecule has 1 atom stereocenters. The fourth-order valence-corrected chi connectivity index (χ4v) is 2.61. The van der Waals surface area contributed by atoms with Crippen molar-refractivity contribution in [2.75, 3.05) is 20.2 Å². The molecule has 0 aromatic heterocycles. The van der Waals surface area contributed by atoms with Crippen LogP contribution in [-0.4, -0.2) is 42.8 Å². The Morgan fingerprint density at radius 1 is 1.29 bits per heavy atom. The second kappa shape index (κ2) is 6.08. The second-order valence-electron chi connectivity index (χ2n) is 5.38. The van der Waals surface area contributed by atoms with Gasteiger partial charge in [-0.05, 0) is 31.9 Å². The van der Waals surface area contributed by atoms with Gasteiger partial charge in [-0.1, -0.05) is 17.7 Å². The number of carbonyl (C=O) groups is 3. The topological polar surface area (TPSA) is 63.7 Å². The number of rotatable bonds is 2. The van der Waals surface area contributed by atoms with Crippen LogP contribution in [0.2, 0.25) is 0 Å². The maximum absolute atomic E-state index is 12.5. The number of hydrogen-bond donors (Lipinski definition) is 0. The summed E-state index contributed by atoms with van der Waals surface area (Å²) in [6.07, 6.45) is 0.322. The van der Waals surface area contributed by atoms with Crippen LogP contribution in [0.15, 0.2) is 18.2 Å². The van der Waals surface area contributed by atoms with Gasteiger partial charge in [0.25, 0.3) is 5.91 Å². The monoisotopic (exact) mass is 289 g/mol. The third-order valence-electron chi connectivity index (χ3n) is 3.81. The normalized spacial score (nSPS) is 18.5. The number of benzene rings is 1. The summed E-state index contributed by atoms with van der Waals surface area (Å²) in [5, 5.41) is 0. The van der Waals surface area contributed by atoms with Crippen LogP contribution in [0.3, 0.4) is 0 Å². The van der Waals surface area contributed by atoms with Gasteiger partial charge in [0.1, 0.15) is 5.92 Å². The summed E-state index contributed by atoms with van der Waals surface area (Å²) < 4.78 is 4.61. The molecule has 0 bridgehead atoms. The first-order chi connectivity index (χ1) is 9.93. The van der Waals surface area contributed by atoms with E-state index in [1.165, 1.54) is 12.0 Å². The number of likely N-dealkylation sites (tertiary alicyclic amines) is 1. The molecule has 1 aromatic carbocycles. The predicted molar refractivity (Wildman–Crippen MR) is 76.9 cm³/mol. The summed E-state index contributed by atoms with van der Waals surface area (Å²) in [6, 6.07) is 5.60. The Kier molecular flexibility index (Phi) is 4.40. The first-order valence-electron chi connectivity index (χ1n) is 6.91. The van der Waals surface area contributed by atoms with Gasteiger partial charge >= 0.3 is 5.97 Å². The van der Waals surface area contributed by atoms with Crippen LogP contribution in [0.25, 0.3) is 0 Å². The van der Waals surface area contributed by atoms with Crippen LogP contribution >= 0.6 is 0 Å². The van der Waals surface area contributed by atoms with E-state index in [0.717, 1.165) is 11.1 Å². The van der Waals surface area contributed by atoms with E-state index < -0.39 is 11.9 Å². The zero-order valence-corrected chi connectivity index (χ0v) is 12.5. The van der Waals surface area contributed by atoms with Crippen LogP contribution in [0, 0.1) is 19.8 Å². The van der Waals surface area contributed by atoms with E-state index >= 15 is 0 Å². The third kappa shape index (κ3) is 3.12. The van der Waals surface area contributed by atoms with Crippen molar-refractivity contribution in [3.63, 3.8) is 0 Å². The zero-order chi connectivity index (χ0) is 15.6. The largest absolute Gasteiger partial charge is 0.468 e. The Labute approximate surface area is 123 Å². The molecule has 0 saturated carbocycles. The van der Waals surface area contributed by atoms with Gasteiger partial charge in [-0.3, -0.25) is 14.4 Å². The molecule has 1 unspecified atom stereocenters. The number of nitrogens with zero attached hydrogens (tertiary/aromatic N) is 1. The fourth-order valence-electron chi connectivity index (χ4n) is 2.61. The molecular weight excluding hydrogens is 270 g/mol. The van der Waals surface area contributed by atoms with Crippen molar-refractivity contribution in [2.45, 2.75) is 20.3 Å². The molecule has 5 heteroatoms. The van der Waals surface area contributed by atoms with Gasteiger partial charge in [0.2, 0.25) is 0 Å². The minimum absolute atomic E-state index is 0.0358. The van der Waals surface area contributed by atoms with Gasteiger partial charge in [0.15, 0.2) is 5.78 Å². The molecule has 1 heterocycles. The summed E-state index contributed by atoms with van der Waals surface area (Å²) in [5.74, 6) is -1.67. The summed E-state index contributed by atoms with van der Waals surface area (Å²) in [5.41, 5.74) is 2.58. The summed E-state index contributed by atoms with van der Waals surface area (Å²) in [6.45, 7) is 4.19. The molecule has 1 fully saturated rings. The van der Waals surface area contributed by atoms with Crippen molar-refractivity contribution < 1.29 is 19.1 Å². The average molecular weight is 289 g/mol. The SMILES string of the molecule is COC(=O)C1CCN(C(=O)c2ccc(C)cc2C)CC1=O. The van der Waals surface area contributed by atoms with Gasteiger partial charge in [-0.25, -0.2) is 0 Å². The first-order valence-corrected chi connectivity index (χ1v) is 6.91. The Balaban J connectivity index is 2.12.